The minimum Gasteiger partial charge on any atom is -0.458 e. The van der Waals surface area contributed by atoms with Crippen molar-refractivity contribution < 1.29 is 14.3 Å². The van der Waals surface area contributed by atoms with Crippen molar-refractivity contribution in [1.29, 1.82) is 0 Å². The lowest BCUT2D eigenvalue weighted by molar-refractivity contribution is -0.139. The molecule has 2 heterocycles. The van der Waals surface area contributed by atoms with Crippen LogP contribution in [0.3, 0.4) is 0 Å². The fourth-order valence-corrected chi connectivity index (χ4v) is 4.42. The first kappa shape index (κ1) is 18.9. The molecule has 1 amide bonds. The largest absolute Gasteiger partial charge is 0.458 e. The van der Waals surface area contributed by atoms with E-state index in [-0.39, 0.29) is 17.8 Å². The molecule has 0 saturated carbocycles. The molecule has 0 radical (unpaired) electrons. The number of esters is 1. The van der Waals surface area contributed by atoms with Gasteiger partial charge in [0, 0.05) is 4.47 Å². The predicted octanol–water partition coefficient (Wildman–Crippen LogP) is 4.22. The number of hydrogen-bond acceptors (Lipinski definition) is 5. The number of hydrogen-bond donors (Lipinski definition) is 0. The lowest BCUT2D eigenvalue weighted by Gasteiger charge is -2.33. The Labute approximate surface area is 165 Å². The van der Waals surface area contributed by atoms with Gasteiger partial charge in [0.1, 0.15) is 6.61 Å². The van der Waals surface area contributed by atoms with E-state index in [0.717, 1.165) is 10.0 Å². The Morgan fingerprint density at radius 1 is 1.42 bits per heavy atom. The molecule has 2 aliphatic heterocycles. The van der Waals surface area contributed by atoms with E-state index in [1.54, 1.807) is 11.8 Å². The Morgan fingerprint density at radius 3 is 2.73 bits per heavy atom. The molecule has 1 fully saturated rings. The monoisotopic (exact) mass is 434 g/mol. The minimum absolute atomic E-state index is 0.0225. The lowest BCUT2D eigenvalue weighted by Crippen LogP contribution is -2.40. The van der Waals surface area contributed by atoms with Crippen LogP contribution in [0.4, 0.5) is 0 Å². The van der Waals surface area contributed by atoms with Gasteiger partial charge in [0.05, 0.1) is 22.6 Å². The zero-order chi connectivity index (χ0) is 18.8. The highest BCUT2D eigenvalue weighted by atomic mass is 79.9. The highest BCUT2D eigenvalue weighted by Crippen LogP contribution is 2.44. The number of amides is 1. The van der Waals surface area contributed by atoms with Gasteiger partial charge in [-0.3, -0.25) is 9.69 Å². The number of aliphatic imine (C=N–C) groups is 1. The zero-order valence-corrected chi connectivity index (χ0v) is 17.0. The molecule has 0 aliphatic carbocycles. The maximum absolute atomic E-state index is 12.9. The normalized spacial score (nSPS) is 22.2. The fraction of sp³-hybridized carbons (Fsp3) is 0.316. The Bertz CT molecular complexity index is 817. The number of amidine groups is 1. The number of thioether (sulfide) groups is 1. The van der Waals surface area contributed by atoms with Crippen LogP contribution in [-0.4, -0.2) is 33.8 Å². The van der Waals surface area contributed by atoms with E-state index in [4.69, 9.17) is 4.74 Å². The van der Waals surface area contributed by atoms with E-state index in [9.17, 15) is 9.59 Å². The molecule has 0 aromatic heterocycles. The molecule has 136 valence electrons. The Morgan fingerprint density at radius 2 is 2.12 bits per heavy atom. The summed E-state index contributed by atoms with van der Waals surface area (Å²) < 4.78 is 6.20. The Kier molecular flexibility index (Phi) is 5.67. The minimum atomic E-state index is -0.538. The lowest BCUT2D eigenvalue weighted by atomic mass is 9.94. The molecule has 0 unspecified atom stereocenters. The molecule has 2 aliphatic rings. The SMILES string of the molecule is C=CCOC(=O)C1=C(C)N=C2S[C@@H](CC)C(=O)N2[C@H]1c1ccc(Br)cc1. The van der Waals surface area contributed by atoms with Crippen LogP contribution in [0, 0.1) is 0 Å². The molecule has 1 saturated heterocycles. The molecule has 0 bridgehead atoms. The molecular formula is C19H19BrN2O3S. The summed E-state index contributed by atoms with van der Waals surface area (Å²) in [6, 6.07) is 7.07. The van der Waals surface area contributed by atoms with Crippen LogP contribution in [-0.2, 0) is 14.3 Å². The van der Waals surface area contributed by atoms with E-state index in [2.05, 4.69) is 27.5 Å². The molecular weight excluding hydrogens is 416 g/mol. The maximum atomic E-state index is 12.9. The third-order valence-corrected chi connectivity index (χ3v) is 6.11. The van der Waals surface area contributed by atoms with Gasteiger partial charge < -0.3 is 4.74 Å². The van der Waals surface area contributed by atoms with Gasteiger partial charge in [-0.05, 0) is 31.0 Å². The summed E-state index contributed by atoms with van der Waals surface area (Å²) >= 11 is 4.88. The average molecular weight is 435 g/mol. The van der Waals surface area contributed by atoms with Gasteiger partial charge in [-0.2, -0.15) is 0 Å². The molecule has 0 spiro atoms. The third kappa shape index (κ3) is 3.38. The smallest absolute Gasteiger partial charge is 0.338 e. The first-order chi connectivity index (χ1) is 12.5. The van der Waals surface area contributed by atoms with Crippen LogP contribution in [0.2, 0.25) is 0 Å². The van der Waals surface area contributed by atoms with E-state index in [0.29, 0.717) is 22.9 Å². The van der Waals surface area contributed by atoms with E-state index >= 15 is 0 Å². The number of allylic oxidation sites excluding steroid dienone is 1. The van der Waals surface area contributed by atoms with Gasteiger partial charge in [0.15, 0.2) is 5.17 Å². The number of fused-ring (bicyclic) bond motifs is 1. The van der Waals surface area contributed by atoms with Crippen molar-refractivity contribution >= 4 is 44.7 Å². The van der Waals surface area contributed by atoms with Gasteiger partial charge in [-0.25, -0.2) is 9.79 Å². The van der Waals surface area contributed by atoms with Crippen molar-refractivity contribution in [3.8, 4) is 0 Å². The first-order valence-corrected chi connectivity index (χ1v) is 9.97. The van der Waals surface area contributed by atoms with Crippen LogP contribution in [0.15, 0.2) is 57.7 Å². The average Bonchev–Trinajstić information content (AvgIpc) is 2.94. The first-order valence-electron chi connectivity index (χ1n) is 8.30. The number of carbonyl (C=O) groups is 2. The van der Waals surface area contributed by atoms with Gasteiger partial charge in [0.2, 0.25) is 5.91 Å². The van der Waals surface area contributed by atoms with Crippen molar-refractivity contribution in [1.82, 2.24) is 4.90 Å². The number of nitrogens with zero attached hydrogens (tertiary/aromatic N) is 2. The van der Waals surface area contributed by atoms with Crippen LogP contribution in [0.1, 0.15) is 31.9 Å². The molecule has 26 heavy (non-hydrogen) atoms. The maximum Gasteiger partial charge on any atom is 0.338 e. The standard InChI is InChI=1S/C19H19BrN2O3S/c1-4-10-25-18(24)15-11(3)21-19-22(17(23)14(5-2)26-19)16(15)12-6-8-13(20)9-7-12/h4,6-9,14,16H,1,5,10H2,2-3H3/t14-,16-/m0/s1. The van der Waals surface area contributed by atoms with Crippen molar-refractivity contribution in [2.24, 2.45) is 4.99 Å². The van der Waals surface area contributed by atoms with Crippen molar-refractivity contribution in [3.63, 3.8) is 0 Å². The van der Waals surface area contributed by atoms with Crippen LogP contribution in [0.25, 0.3) is 0 Å². The van der Waals surface area contributed by atoms with Gasteiger partial charge >= 0.3 is 5.97 Å². The fourth-order valence-electron chi connectivity index (χ4n) is 3.02. The third-order valence-electron chi connectivity index (χ3n) is 4.26. The molecule has 3 rings (SSSR count). The van der Waals surface area contributed by atoms with Crippen molar-refractivity contribution in [2.45, 2.75) is 31.6 Å². The molecule has 5 nitrogen and oxygen atoms in total. The molecule has 0 N–H and O–H groups in total. The quantitative estimate of drug-likeness (QED) is 0.514. The van der Waals surface area contributed by atoms with Crippen LogP contribution in [0.5, 0.6) is 0 Å². The van der Waals surface area contributed by atoms with E-state index < -0.39 is 12.0 Å². The van der Waals surface area contributed by atoms with Crippen molar-refractivity contribution in [3.05, 3.63) is 58.2 Å². The summed E-state index contributed by atoms with van der Waals surface area (Å²) in [5.41, 5.74) is 1.81. The van der Waals surface area contributed by atoms with Gasteiger partial charge in [-0.15, -0.1) is 0 Å². The summed E-state index contributed by atoms with van der Waals surface area (Å²) in [5, 5.41) is 0.468. The molecule has 1 aromatic rings. The summed E-state index contributed by atoms with van der Waals surface area (Å²) in [7, 11) is 0. The predicted molar refractivity (Wildman–Crippen MR) is 107 cm³/mol. The highest BCUT2D eigenvalue weighted by molar-refractivity contribution is 9.10. The highest BCUT2D eigenvalue weighted by Gasteiger charge is 2.47. The number of ether oxygens (including phenoxy) is 1. The zero-order valence-electron chi connectivity index (χ0n) is 14.6. The molecule has 1 aromatic carbocycles. The molecule has 2 atom stereocenters. The summed E-state index contributed by atoms with van der Waals surface area (Å²) in [4.78, 5) is 31.8. The molecule has 7 heteroatoms. The van der Waals surface area contributed by atoms with Crippen LogP contribution >= 0.6 is 27.7 Å². The topological polar surface area (TPSA) is 59.0 Å². The van der Waals surface area contributed by atoms with E-state index in [1.165, 1.54) is 17.8 Å². The second-order valence-electron chi connectivity index (χ2n) is 5.96. The number of benzene rings is 1. The summed E-state index contributed by atoms with van der Waals surface area (Å²) in [6.45, 7) is 7.44. The van der Waals surface area contributed by atoms with Gasteiger partial charge in [-0.1, -0.05) is 59.4 Å². The van der Waals surface area contributed by atoms with Crippen LogP contribution < -0.4 is 0 Å². The second-order valence-corrected chi connectivity index (χ2v) is 8.04. The summed E-state index contributed by atoms with van der Waals surface area (Å²) in [5.74, 6) is -0.499. The second kappa shape index (κ2) is 7.80. The van der Waals surface area contributed by atoms with Crippen molar-refractivity contribution in [2.75, 3.05) is 6.61 Å². The number of carbonyl (C=O) groups excluding carboxylic acids is 2. The van der Waals surface area contributed by atoms with Gasteiger partial charge in [0.25, 0.3) is 0 Å². The Hall–Kier alpha value is -1.86. The number of rotatable bonds is 5. The van der Waals surface area contributed by atoms with E-state index in [1.807, 2.05) is 31.2 Å². The summed E-state index contributed by atoms with van der Waals surface area (Å²) in [6.07, 6.45) is 2.23. The Balaban J connectivity index is 2.10. The number of halogens is 1.